The second kappa shape index (κ2) is 13.0. The molecule has 3 heterocycles. The van der Waals surface area contributed by atoms with E-state index in [0.717, 1.165) is 48.3 Å². The van der Waals surface area contributed by atoms with Gasteiger partial charge in [0, 0.05) is 37.6 Å². The zero-order valence-electron chi connectivity index (χ0n) is 21.7. The van der Waals surface area contributed by atoms with Crippen molar-refractivity contribution in [3.05, 3.63) is 77.6 Å². The van der Waals surface area contributed by atoms with Crippen LogP contribution >= 0.6 is 11.6 Å². The summed E-state index contributed by atoms with van der Waals surface area (Å²) in [7, 11) is 0. The van der Waals surface area contributed by atoms with E-state index in [1.807, 2.05) is 49.0 Å². The Labute approximate surface area is 225 Å². The maximum absolute atomic E-state index is 13.7. The molecule has 0 aliphatic rings. The van der Waals surface area contributed by atoms with Gasteiger partial charge in [-0.2, -0.15) is 5.10 Å². The number of benzene rings is 1. The smallest absolute Gasteiger partial charge is 0.273 e. The number of amides is 1. The molecule has 4 rings (SSSR count). The maximum Gasteiger partial charge on any atom is 0.273 e. The molecular weight excluding hydrogens is 512 g/mol. The number of pyridine rings is 1. The summed E-state index contributed by atoms with van der Waals surface area (Å²) in [5.41, 5.74) is 2.98. The lowest BCUT2D eigenvalue weighted by Gasteiger charge is -2.13. The van der Waals surface area contributed by atoms with E-state index in [9.17, 15) is 13.6 Å². The van der Waals surface area contributed by atoms with Gasteiger partial charge in [-0.3, -0.25) is 9.48 Å². The highest BCUT2D eigenvalue weighted by atomic mass is 35.5. The molecule has 0 saturated carbocycles. The van der Waals surface area contributed by atoms with Gasteiger partial charge in [0.25, 0.3) is 5.92 Å². The molecule has 8 nitrogen and oxygen atoms in total. The third kappa shape index (κ3) is 7.79. The summed E-state index contributed by atoms with van der Waals surface area (Å²) in [4.78, 5) is 24.9. The minimum Gasteiger partial charge on any atom is -0.324 e. The van der Waals surface area contributed by atoms with Crippen molar-refractivity contribution in [2.45, 2.75) is 53.0 Å². The third-order valence-corrected chi connectivity index (χ3v) is 5.54. The molecule has 0 unspecified atom stereocenters. The Balaban J connectivity index is 0.00000195. The summed E-state index contributed by atoms with van der Waals surface area (Å²) in [6.45, 7) is 7.65. The van der Waals surface area contributed by atoms with Crippen LogP contribution in [0.25, 0.3) is 11.1 Å². The maximum atomic E-state index is 13.7. The number of aryl methyl sites for hydroxylation is 1. The summed E-state index contributed by atoms with van der Waals surface area (Å²) in [5, 5.41) is 9.68. The van der Waals surface area contributed by atoms with Gasteiger partial charge >= 0.3 is 0 Å². The lowest BCUT2D eigenvalue weighted by Crippen LogP contribution is -2.16. The van der Waals surface area contributed by atoms with E-state index in [2.05, 4.69) is 37.6 Å². The van der Waals surface area contributed by atoms with Gasteiger partial charge in [-0.25, -0.2) is 23.7 Å². The molecule has 0 atom stereocenters. The molecule has 2 N–H and O–H groups in total. The van der Waals surface area contributed by atoms with Gasteiger partial charge in [0.1, 0.15) is 5.15 Å². The van der Waals surface area contributed by atoms with E-state index in [1.54, 1.807) is 18.6 Å². The van der Waals surface area contributed by atoms with E-state index in [4.69, 9.17) is 11.6 Å². The summed E-state index contributed by atoms with van der Waals surface area (Å²) >= 11 is 5.75. The normalized spacial score (nSPS) is 10.9. The Morgan fingerprint density at radius 1 is 1.00 bits per heavy atom. The van der Waals surface area contributed by atoms with Crippen molar-refractivity contribution in [2.24, 2.45) is 0 Å². The molecular formula is C27H30ClF2N7O. The average molecular weight is 542 g/mol. The Morgan fingerprint density at radius 2 is 1.68 bits per heavy atom. The summed E-state index contributed by atoms with van der Waals surface area (Å²) in [6.07, 6.45) is 9.35. The topological polar surface area (TPSA) is 97.6 Å². The summed E-state index contributed by atoms with van der Waals surface area (Å²) in [5.74, 6) is -3.07. The molecule has 1 amide bonds. The first kappa shape index (κ1) is 28.6. The van der Waals surface area contributed by atoms with Gasteiger partial charge in [0.15, 0.2) is 0 Å². The molecule has 200 valence electrons. The van der Waals surface area contributed by atoms with Crippen LogP contribution in [-0.2, 0) is 23.7 Å². The van der Waals surface area contributed by atoms with E-state index in [1.165, 1.54) is 6.20 Å². The number of hydrogen-bond acceptors (Lipinski definition) is 6. The number of hydrogen-bond donors (Lipinski definition) is 2. The molecule has 0 radical (unpaired) electrons. The molecule has 38 heavy (non-hydrogen) atoms. The van der Waals surface area contributed by atoms with Crippen LogP contribution in [0.5, 0.6) is 0 Å². The van der Waals surface area contributed by atoms with Crippen molar-refractivity contribution < 1.29 is 13.6 Å². The minimum atomic E-state index is -3.17. The van der Waals surface area contributed by atoms with Crippen LogP contribution in [0, 0.1) is 0 Å². The van der Waals surface area contributed by atoms with Gasteiger partial charge in [0.2, 0.25) is 11.9 Å². The van der Waals surface area contributed by atoms with Crippen LogP contribution in [0.2, 0.25) is 5.15 Å². The number of carbonyl (C=O) groups is 1. The standard InChI is InChI=1S/C25H24ClF2N7O.C2H6/c1-3-8-35-15-20(14-32-35)34-24-30-11-18(12-31-24)17-6-4-16(5-7-17)9-22(36)33-19-10-21(25(2,27)28)23(26)29-13-19;1-2/h4-7,10-15H,3,8-9H2,1-2H3,(H,33,36)(H,30,31,34);1-2H3. The number of alkyl halides is 2. The zero-order chi connectivity index (χ0) is 27.7. The number of nitrogens with zero attached hydrogens (tertiary/aromatic N) is 5. The molecule has 0 bridgehead atoms. The van der Waals surface area contributed by atoms with Crippen LogP contribution < -0.4 is 10.6 Å². The van der Waals surface area contributed by atoms with Crippen LogP contribution in [0.15, 0.2) is 61.3 Å². The molecule has 3 aromatic heterocycles. The van der Waals surface area contributed by atoms with Gasteiger partial charge in [-0.05, 0) is 23.6 Å². The van der Waals surface area contributed by atoms with Crippen LogP contribution in [0.4, 0.5) is 26.1 Å². The van der Waals surface area contributed by atoms with Crippen LogP contribution in [0.3, 0.4) is 0 Å². The second-order valence-electron chi connectivity index (χ2n) is 8.29. The molecule has 11 heteroatoms. The Bertz CT molecular complexity index is 1340. The molecule has 0 aliphatic carbocycles. The van der Waals surface area contributed by atoms with E-state index < -0.39 is 11.5 Å². The first-order chi connectivity index (χ1) is 18.2. The number of carbonyl (C=O) groups excluding carboxylic acids is 1. The SMILES string of the molecule is CC.CCCn1cc(Nc2ncc(-c3ccc(CC(=O)Nc4cnc(Cl)c(C(C)(F)F)c4)cc3)cn2)cn1. The predicted octanol–water partition coefficient (Wildman–Crippen LogP) is 6.86. The lowest BCUT2D eigenvalue weighted by atomic mass is 10.0. The summed E-state index contributed by atoms with van der Waals surface area (Å²) in [6, 6.07) is 8.49. The van der Waals surface area contributed by atoms with Crippen molar-refractivity contribution >= 4 is 34.8 Å². The highest BCUT2D eigenvalue weighted by Crippen LogP contribution is 2.33. The summed E-state index contributed by atoms with van der Waals surface area (Å²) < 4.78 is 29.2. The number of nitrogens with one attached hydrogen (secondary N) is 2. The molecule has 0 fully saturated rings. The number of rotatable bonds is 9. The fourth-order valence-corrected chi connectivity index (χ4v) is 3.75. The van der Waals surface area contributed by atoms with Crippen molar-refractivity contribution in [1.82, 2.24) is 24.7 Å². The van der Waals surface area contributed by atoms with E-state index >= 15 is 0 Å². The third-order valence-electron chi connectivity index (χ3n) is 5.24. The fourth-order valence-electron chi connectivity index (χ4n) is 3.48. The molecule has 1 aromatic carbocycles. The molecule has 0 saturated heterocycles. The van der Waals surface area contributed by atoms with Gasteiger partial charge < -0.3 is 10.6 Å². The number of aromatic nitrogens is 5. The Hall–Kier alpha value is -3.92. The molecule has 4 aromatic rings. The van der Waals surface area contributed by atoms with Gasteiger partial charge in [-0.1, -0.05) is 56.6 Å². The molecule has 0 spiro atoms. The minimum absolute atomic E-state index is 0.0613. The Kier molecular flexibility index (Phi) is 9.84. The highest BCUT2D eigenvalue weighted by Gasteiger charge is 2.28. The first-order valence-electron chi connectivity index (χ1n) is 12.3. The van der Waals surface area contributed by atoms with E-state index in [-0.39, 0.29) is 23.2 Å². The second-order valence-corrected chi connectivity index (χ2v) is 8.64. The monoisotopic (exact) mass is 541 g/mol. The van der Waals surface area contributed by atoms with Crippen molar-refractivity contribution in [1.29, 1.82) is 0 Å². The van der Waals surface area contributed by atoms with Crippen molar-refractivity contribution in [3.8, 4) is 11.1 Å². The van der Waals surface area contributed by atoms with Gasteiger partial charge in [-0.15, -0.1) is 0 Å². The van der Waals surface area contributed by atoms with Crippen LogP contribution in [0.1, 0.15) is 45.2 Å². The largest absolute Gasteiger partial charge is 0.324 e. The number of anilines is 3. The van der Waals surface area contributed by atoms with Crippen molar-refractivity contribution in [3.63, 3.8) is 0 Å². The quantitative estimate of drug-likeness (QED) is 0.225. The average Bonchev–Trinajstić information content (AvgIpc) is 3.33. The van der Waals surface area contributed by atoms with Crippen molar-refractivity contribution in [2.75, 3.05) is 10.6 Å². The first-order valence-corrected chi connectivity index (χ1v) is 12.6. The Morgan fingerprint density at radius 3 is 2.32 bits per heavy atom. The lowest BCUT2D eigenvalue weighted by molar-refractivity contribution is -0.115. The van der Waals surface area contributed by atoms with Gasteiger partial charge in [0.05, 0.1) is 35.8 Å². The van der Waals surface area contributed by atoms with E-state index in [0.29, 0.717) is 5.95 Å². The predicted molar refractivity (Wildman–Crippen MR) is 146 cm³/mol. The zero-order valence-corrected chi connectivity index (χ0v) is 22.4. The van der Waals surface area contributed by atoms with Crippen LogP contribution in [-0.4, -0.2) is 30.6 Å². The fraction of sp³-hybridized carbons (Fsp3) is 0.296. The molecule has 0 aliphatic heterocycles. The number of halogens is 3. The highest BCUT2D eigenvalue weighted by molar-refractivity contribution is 6.30.